The largest absolute Gasteiger partial charge is 0.340 e. The van der Waals surface area contributed by atoms with Crippen molar-refractivity contribution in [1.82, 2.24) is 15.0 Å². The number of fused-ring (bicyclic) bond motifs is 1. The van der Waals surface area contributed by atoms with Crippen LogP contribution < -0.4 is 10.7 Å². The molecule has 0 saturated carbocycles. The molecule has 2 aromatic carbocycles. The van der Waals surface area contributed by atoms with E-state index in [1.807, 2.05) is 55.6 Å². The molecule has 1 heterocycles. The minimum absolute atomic E-state index is 0.254. The average Bonchev–Trinajstić information content (AvgIpc) is 3.08. The van der Waals surface area contributed by atoms with Gasteiger partial charge in [-0.1, -0.05) is 29.8 Å². The molecule has 0 bridgehead atoms. The normalized spacial score (nSPS) is 11.9. The van der Waals surface area contributed by atoms with Gasteiger partial charge in [0.05, 0.1) is 11.0 Å². The minimum Gasteiger partial charge on any atom is -0.340 e. The quantitative estimate of drug-likeness (QED) is 0.659. The Labute approximate surface area is 162 Å². The number of nitrogens with one attached hydrogen (secondary N) is 2. The summed E-state index contributed by atoms with van der Waals surface area (Å²) in [6.07, 6.45) is 4.08. The predicted octanol–water partition coefficient (Wildman–Crippen LogP) is 2.97. The lowest BCUT2D eigenvalue weighted by Crippen LogP contribution is -2.46. The first kappa shape index (κ1) is 19.0. The summed E-state index contributed by atoms with van der Waals surface area (Å²) in [6, 6.07) is 14.2. The molecular weight excluding hydrogens is 360 g/mol. The van der Waals surface area contributed by atoms with Crippen molar-refractivity contribution < 1.29 is 9.59 Å². The highest BCUT2D eigenvalue weighted by molar-refractivity contribution is 7.98. The molecule has 27 heavy (non-hydrogen) atoms. The van der Waals surface area contributed by atoms with E-state index in [-0.39, 0.29) is 11.8 Å². The number of carbonyl (C=O) groups is 2. The van der Waals surface area contributed by atoms with E-state index < -0.39 is 6.04 Å². The highest BCUT2D eigenvalue weighted by Gasteiger charge is 2.22. The molecule has 0 saturated heterocycles. The van der Waals surface area contributed by atoms with Crippen LogP contribution in [0.15, 0.2) is 54.9 Å². The molecule has 2 N–H and O–H groups in total. The second-order valence-electron chi connectivity index (χ2n) is 6.26. The molecule has 1 unspecified atom stereocenters. The number of carbonyl (C=O) groups excluding carboxylic acids is 2. The van der Waals surface area contributed by atoms with Gasteiger partial charge >= 0.3 is 0 Å². The zero-order valence-electron chi connectivity index (χ0n) is 15.3. The van der Waals surface area contributed by atoms with Crippen LogP contribution in [0.2, 0.25) is 0 Å². The first-order chi connectivity index (χ1) is 13.1. The zero-order chi connectivity index (χ0) is 19.2. The maximum Gasteiger partial charge on any atom is 0.261 e. The van der Waals surface area contributed by atoms with Crippen LogP contribution in [-0.4, -0.2) is 39.5 Å². The summed E-state index contributed by atoms with van der Waals surface area (Å²) in [5.74, 6) is 0.236. The number of thioether (sulfide) groups is 1. The first-order valence-electron chi connectivity index (χ1n) is 8.68. The standard InChI is InChI=1S/C20H22N4O2S/c1-14-6-5-7-15(12-14)19(25)22-17(10-11-27-2)20(26)23-24-13-21-16-8-3-4-9-18(16)24/h3-9,12-13,17H,10-11H2,1-2H3,(H,22,25)(H,23,26). The molecule has 0 aliphatic heterocycles. The number of nitrogens with zero attached hydrogens (tertiary/aromatic N) is 2. The topological polar surface area (TPSA) is 76.0 Å². The van der Waals surface area contributed by atoms with Gasteiger partial charge in [0.2, 0.25) is 0 Å². The fraction of sp³-hybridized carbons (Fsp3) is 0.250. The van der Waals surface area contributed by atoms with Crippen LogP contribution in [-0.2, 0) is 4.79 Å². The summed E-state index contributed by atoms with van der Waals surface area (Å²) in [5.41, 5.74) is 5.98. The number of rotatable bonds is 7. The molecule has 1 aromatic heterocycles. The number of para-hydroxylation sites is 2. The molecule has 0 spiro atoms. The van der Waals surface area contributed by atoms with Gasteiger partial charge in [0, 0.05) is 5.56 Å². The van der Waals surface area contributed by atoms with Gasteiger partial charge in [0.1, 0.15) is 12.4 Å². The highest BCUT2D eigenvalue weighted by Crippen LogP contribution is 2.11. The Balaban J connectivity index is 1.75. The molecule has 1 atom stereocenters. The second kappa shape index (κ2) is 8.73. The molecule has 0 fully saturated rings. The molecular formula is C20H22N4O2S. The molecule has 140 valence electrons. The fourth-order valence-electron chi connectivity index (χ4n) is 2.78. The van der Waals surface area contributed by atoms with Gasteiger partial charge in [-0.05, 0) is 49.6 Å². The molecule has 0 aliphatic rings. The number of imidazole rings is 1. The third-order valence-electron chi connectivity index (χ3n) is 4.20. The van der Waals surface area contributed by atoms with E-state index in [0.717, 1.165) is 22.3 Å². The number of hydrogen-bond donors (Lipinski definition) is 2. The Hall–Kier alpha value is -2.80. The van der Waals surface area contributed by atoms with Crippen LogP contribution in [0.3, 0.4) is 0 Å². The third kappa shape index (κ3) is 4.68. The van der Waals surface area contributed by atoms with Crippen molar-refractivity contribution in [3.05, 3.63) is 66.0 Å². The number of aromatic nitrogens is 2. The second-order valence-corrected chi connectivity index (χ2v) is 7.24. The summed E-state index contributed by atoms with van der Waals surface area (Å²) in [7, 11) is 0. The van der Waals surface area contributed by atoms with Crippen molar-refractivity contribution >= 4 is 34.6 Å². The van der Waals surface area contributed by atoms with Crippen molar-refractivity contribution in [3.63, 3.8) is 0 Å². The van der Waals surface area contributed by atoms with Gasteiger partial charge in [-0.2, -0.15) is 11.8 Å². The van der Waals surface area contributed by atoms with Crippen molar-refractivity contribution in [2.45, 2.75) is 19.4 Å². The molecule has 7 heteroatoms. The van der Waals surface area contributed by atoms with E-state index in [4.69, 9.17) is 0 Å². The predicted molar refractivity (Wildman–Crippen MR) is 110 cm³/mol. The maximum atomic E-state index is 12.8. The van der Waals surface area contributed by atoms with Gasteiger partial charge in [0.15, 0.2) is 0 Å². The van der Waals surface area contributed by atoms with Crippen LogP contribution in [0.5, 0.6) is 0 Å². The van der Waals surface area contributed by atoms with Crippen molar-refractivity contribution in [3.8, 4) is 0 Å². The Kier molecular flexibility index (Phi) is 6.13. The van der Waals surface area contributed by atoms with Crippen molar-refractivity contribution in [2.75, 3.05) is 17.4 Å². The summed E-state index contributed by atoms with van der Waals surface area (Å²) < 4.78 is 1.59. The SMILES string of the molecule is CSCCC(NC(=O)c1cccc(C)c1)C(=O)Nn1cnc2ccccc21. The molecule has 3 rings (SSSR count). The van der Waals surface area contributed by atoms with E-state index in [2.05, 4.69) is 15.7 Å². The summed E-state index contributed by atoms with van der Waals surface area (Å²) in [4.78, 5) is 29.7. The van der Waals surface area contributed by atoms with Crippen LogP contribution in [0.25, 0.3) is 11.0 Å². The molecule has 6 nitrogen and oxygen atoms in total. The number of aryl methyl sites for hydroxylation is 1. The maximum absolute atomic E-state index is 12.8. The monoisotopic (exact) mass is 382 g/mol. The van der Waals surface area contributed by atoms with E-state index in [1.165, 1.54) is 0 Å². The fourth-order valence-corrected chi connectivity index (χ4v) is 3.25. The number of benzene rings is 2. The van der Waals surface area contributed by atoms with Crippen LogP contribution in [0.1, 0.15) is 22.3 Å². The van der Waals surface area contributed by atoms with E-state index in [1.54, 1.807) is 28.8 Å². The van der Waals surface area contributed by atoms with Crippen LogP contribution >= 0.6 is 11.8 Å². The Morgan fingerprint density at radius 2 is 2.00 bits per heavy atom. The Morgan fingerprint density at radius 1 is 1.19 bits per heavy atom. The van der Waals surface area contributed by atoms with E-state index in [9.17, 15) is 9.59 Å². The summed E-state index contributed by atoms with van der Waals surface area (Å²) in [5, 5.41) is 2.86. The van der Waals surface area contributed by atoms with Crippen molar-refractivity contribution in [1.29, 1.82) is 0 Å². The summed E-state index contributed by atoms with van der Waals surface area (Å²) >= 11 is 1.63. The average molecular weight is 382 g/mol. The van der Waals surface area contributed by atoms with E-state index >= 15 is 0 Å². The van der Waals surface area contributed by atoms with Gasteiger partial charge in [-0.3, -0.25) is 15.0 Å². The number of hydrogen-bond acceptors (Lipinski definition) is 4. The zero-order valence-corrected chi connectivity index (χ0v) is 16.1. The lowest BCUT2D eigenvalue weighted by molar-refractivity contribution is -0.118. The van der Waals surface area contributed by atoms with Gasteiger partial charge in [-0.15, -0.1) is 0 Å². The van der Waals surface area contributed by atoms with Gasteiger partial charge < -0.3 is 5.32 Å². The highest BCUT2D eigenvalue weighted by atomic mass is 32.2. The third-order valence-corrected chi connectivity index (χ3v) is 4.84. The molecule has 3 aromatic rings. The minimum atomic E-state index is -0.633. The van der Waals surface area contributed by atoms with Crippen LogP contribution in [0.4, 0.5) is 0 Å². The summed E-state index contributed by atoms with van der Waals surface area (Å²) in [6.45, 7) is 1.93. The molecule has 2 amide bonds. The Morgan fingerprint density at radius 3 is 2.78 bits per heavy atom. The van der Waals surface area contributed by atoms with Crippen molar-refractivity contribution in [2.24, 2.45) is 0 Å². The van der Waals surface area contributed by atoms with Gasteiger partial charge in [-0.25, -0.2) is 9.66 Å². The Bertz CT molecular complexity index is 954. The van der Waals surface area contributed by atoms with Crippen LogP contribution in [0, 0.1) is 6.92 Å². The van der Waals surface area contributed by atoms with Gasteiger partial charge in [0.25, 0.3) is 11.8 Å². The lowest BCUT2D eigenvalue weighted by Gasteiger charge is -2.19. The smallest absolute Gasteiger partial charge is 0.261 e. The molecule has 0 aliphatic carbocycles. The molecule has 0 radical (unpaired) electrons. The van der Waals surface area contributed by atoms with E-state index in [0.29, 0.717) is 12.0 Å². The first-order valence-corrected chi connectivity index (χ1v) is 10.1. The number of amides is 2. The lowest BCUT2D eigenvalue weighted by atomic mass is 10.1.